The zero-order valence-electron chi connectivity index (χ0n) is 20.6. The van der Waals surface area contributed by atoms with Crippen molar-refractivity contribution in [1.82, 2.24) is 9.78 Å². The zero-order valence-corrected chi connectivity index (χ0v) is 20.6. The summed E-state index contributed by atoms with van der Waals surface area (Å²) in [6.45, 7) is 0.700. The van der Waals surface area contributed by atoms with Gasteiger partial charge in [-0.2, -0.15) is 5.10 Å². The second-order valence-corrected chi connectivity index (χ2v) is 10.3. The van der Waals surface area contributed by atoms with Gasteiger partial charge in [0.25, 0.3) is 0 Å². The molecule has 37 heavy (non-hydrogen) atoms. The smallest absolute Gasteiger partial charge is 0.236 e. The highest BCUT2D eigenvalue weighted by atomic mass is 16.5. The average Bonchev–Trinajstić information content (AvgIpc) is 3.32. The Bertz CT molecular complexity index is 1640. The predicted octanol–water partition coefficient (Wildman–Crippen LogP) is 5.87. The minimum Gasteiger partial charge on any atom is -0.497 e. The highest BCUT2D eigenvalue weighted by Gasteiger charge is 2.75. The molecular weight excluding hydrogens is 458 g/mol. The van der Waals surface area contributed by atoms with E-state index in [0.717, 1.165) is 40.7 Å². The van der Waals surface area contributed by atoms with Crippen LogP contribution >= 0.6 is 0 Å². The molecule has 1 spiro atoms. The summed E-state index contributed by atoms with van der Waals surface area (Å²) in [5.74, 6) is 0.844. The Labute approximate surface area is 215 Å². The minimum absolute atomic E-state index is 0.0737. The van der Waals surface area contributed by atoms with Crippen LogP contribution < -0.4 is 10.1 Å². The van der Waals surface area contributed by atoms with Gasteiger partial charge in [-0.3, -0.25) is 9.48 Å². The molecule has 7 rings (SSSR count). The first-order valence-electron chi connectivity index (χ1n) is 12.7. The summed E-state index contributed by atoms with van der Waals surface area (Å²) in [4.78, 5) is 13.7. The first-order chi connectivity index (χ1) is 18.1. The standard InChI is InChI=1S/C32H27N3O2/c1-37-26-14-15-28-27(17-26)32(30(36)34-28)21-31(32,18-22-8-4-2-5-9-22)25-13-12-24-19-33-35(29(24)16-25)20-23-10-6-3-7-11-23/h2-17,19H,18,20-21H2,1H3,(H,34,36). The fourth-order valence-corrected chi connectivity index (χ4v) is 6.38. The van der Waals surface area contributed by atoms with Crippen LogP contribution in [0.1, 0.15) is 28.7 Å². The number of nitrogens with zero attached hydrogens (tertiary/aromatic N) is 2. The Morgan fingerprint density at radius 1 is 0.919 bits per heavy atom. The van der Waals surface area contributed by atoms with E-state index in [0.29, 0.717) is 6.54 Å². The summed E-state index contributed by atoms with van der Waals surface area (Å²) >= 11 is 0. The molecule has 0 saturated heterocycles. The normalized spacial score (nSPS) is 21.7. The third-order valence-electron chi connectivity index (χ3n) is 8.30. The van der Waals surface area contributed by atoms with Crippen LogP contribution in [0.5, 0.6) is 5.75 Å². The summed E-state index contributed by atoms with van der Waals surface area (Å²) in [5, 5.41) is 8.98. The van der Waals surface area contributed by atoms with Crippen molar-refractivity contribution >= 4 is 22.5 Å². The highest BCUT2D eigenvalue weighted by molar-refractivity contribution is 6.11. The largest absolute Gasteiger partial charge is 0.497 e. The molecule has 5 heteroatoms. The van der Waals surface area contributed by atoms with E-state index in [9.17, 15) is 4.79 Å². The monoisotopic (exact) mass is 485 g/mol. The number of rotatable bonds is 6. The molecule has 1 saturated carbocycles. The van der Waals surface area contributed by atoms with Crippen LogP contribution in [0.15, 0.2) is 103 Å². The maximum absolute atomic E-state index is 13.7. The van der Waals surface area contributed by atoms with E-state index in [1.165, 1.54) is 16.7 Å². The molecule has 1 N–H and O–H groups in total. The van der Waals surface area contributed by atoms with Crippen molar-refractivity contribution in [3.63, 3.8) is 0 Å². The van der Waals surface area contributed by atoms with Crippen LogP contribution in [-0.4, -0.2) is 22.8 Å². The van der Waals surface area contributed by atoms with E-state index >= 15 is 0 Å². The van der Waals surface area contributed by atoms with Crippen LogP contribution in [0.3, 0.4) is 0 Å². The molecule has 1 amide bonds. The van der Waals surface area contributed by atoms with Gasteiger partial charge in [0.1, 0.15) is 5.75 Å². The molecule has 2 heterocycles. The molecular formula is C32H27N3O2. The van der Waals surface area contributed by atoms with Crippen LogP contribution in [0, 0.1) is 0 Å². The zero-order chi connectivity index (χ0) is 25.0. The second kappa shape index (κ2) is 8.07. The third kappa shape index (κ3) is 3.23. The number of hydrogen-bond donors (Lipinski definition) is 1. The fourth-order valence-electron chi connectivity index (χ4n) is 6.38. The first kappa shape index (κ1) is 21.9. The Kier molecular flexibility index (Phi) is 4.77. The van der Waals surface area contributed by atoms with E-state index in [4.69, 9.17) is 9.84 Å². The van der Waals surface area contributed by atoms with Gasteiger partial charge in [-0.25, -0.2) is 0 Å². The van der Waals surface area contributed by atoms with Crippen molar-refractivity contribution in [2.24, 2.45) is 0 Å². The van der Waals surface area contributed by atoms with E-state index in [1.807, 2.05) is 36.5 Å². The molecule has 1 aliphatic heterocycles. The quantitative estimate of drug-likeness (QED) is 0.327. The van der Waals surface area contributed by atoms with E-state index in [-0.39, 0.29) is 11.3 Å². The number of amides is 1. The van der Waals surface area contributed by atoms with Gasteiger partial charge in [-0.05, 0) is 59.4 Å². The third-order valence-corrected chi connectivity index (χ3v) is 8.30. The Morgan fingerprint density at radius 2 is 1.68 bits per heavy atom. The average molecular weight is 486 g/mol. The number of benzene rings is 4. The van der Waals surface area contributed by atoms with Gasteiger partial charge in [0, 0.05) is 16.5 Å². The Morgan fingerprint density at radius 3 is 2.43 bits per heavy atom. The van der Waals surface area contributed by atoms with Gasteiger partial charge in [0.05, 0.1) is 30.8 Å². The molecule has 0 bridgehead atoms. The van der Waals surface area contributed by atoms with Crippen LogP contribution in [0.2, 0.25) is 0 Å². The molecule has 4 aromatic carbocycles. The van der Waals surface area contributed by atoms with Crippen molar-refractivity contribution < 1.29 is 9.53 Å². The SMILES string of the molecule is COc1ccc2c(c1)C1(CC1(Cc1ccccc1)c1ccc3cnn(Cc4ccccc4)c3c1)C(=O)N2. The summed E-state index contributed by atoms with van der Waals surface area (Å²) in [6, 6.07) is 33.4. The maximum atomic E-state index is 13.7. The van der Waals surface area contributed by atoms with Crippen molar-refractivity contribution in [3.05, 3.63) is 126 Å². The number of hydrogen-bond acceptors (Lipinski definition) is 3. The molecule has 0 radical (unpaired) electrons. The lowest BCUT2D eigenvalue weighted by atomic mass is 9.78. The van der Waals surface area contributed by atoms with Crippen molar-refractivity contribution in [2.75, 3.05) is 12.4 Å². The Hall–Kier alpha value is -4.38. The molecule has 2 unspecified atom stereocenters. The van der Waals surface area contributed by atoms with E-state index in [1.54, 1.807) is 7.11 Å². The molecule has 1 aromatic heterocycles. The minimum atomic E-state index is -0.634. The number of fused-ring (bicyclic) bond motifs is 3. The number of nitrogens with one attached hydrogen (secondary N) is 1. The van der Waals surface area contributed by atoms with Crippen LogP contribution in [0.4, 0.5) is 5.69 Å². The van der Waals surface area contributed by atoms with Gasteiger partial charge in [-0.15, -0.1) is 0 Å². The fraction of sp³-hybridized carbons (Fsp3) is 0.188. The predicted molar refractivity (Wildman–Crippen MR) is 145 cm³/mol. The van der Waals surface area contributed by atoms with Gasteiger partial charge >= 0.3 is 0 Å². The van der Waals surface area contributed by atoms with Gasteiger partial charge in [-0.1, -0.05) is 72.8 Å². The number of anilines is 1. The number of carbonyl (C=O) groups is 1. The van der Waals surface area contributed by atoms with Gasteiger partial charge in [0.15, 0.2) is 0 Å². The van der Waals surface area contributed by atoms with Crippen LogP contribution in [-0.2, 0) is 28.6 Å². The van der Waals surface area contributed by atoms with Crippen molar-refractivity contribution in [3.8, 4) is 5.75 Å². The number of methoxy groups -OCH3 is 1. The van der Waals surface area contributed by atoms with E-state index in [2.05, 4.69) is 76.7 Å². The lowest BCUT2D eigenvalue weighted by Gasteiger charge is -2.23. The number of ether oxygens (including phenoxy) is 1. The maximum Gasteiger partial charge on any atom is 0.236 e. The van der Waals surface area contributed by atoms with Gasteiger partial charge < -0.3 is 10.1 Å². The van der Waals surface area contributed by atoms with Crippen molar-refractivity contribution in [2.45, 2.75) is 30.2 Å². The van der Waals surface area contributed by atoms with E-state index < -0.39 is 5.41 Å². The summed E-state index contributed by atoms with van der Waals surface area (Å²) in [6.07, 6.45) is 3.45. The summed E-state index contributed by atoms with van der Waals surface area (Å²) in [5.41, 5.74) is 5.60. The topological polar surface area (TPSA) is 56.2 Å². The first-order valence-corrected chi connectivity index (χ1v) is 12.7. The molecule has 2 aliphatic rings. The Balaban J connectivity index is 1.38. The number of aromatic nitrogens is 2. The molecule has 5 aromatic rings. The molecule has 5 nitrogen and oxygen atoms in total. The van der Waals surface area contributed by atoms with Crippen LogP contribution in [0.25, 0.3) is 10.9 Å². The van der Waals surface area contributed by atoms with Gasteiger partial charge in [0.2, 0.25) is 5.91 Å². The molecule has 182 valence electrons. The van der Waals surface area contributed by atoms with Crippen molar-refractivity contribution in [1.29, 1.82) is 0 Å². The highest BCUT2D eigenvalue weighted by Crippen LogP contribution is 2.70. The summed E-state index contributed by atoms with van der Waals surface area (Å²) < 4.78 is 7.62. The number of carbonyl (C=O) groups excluding carboxylic acids is 1. The molecule has 1 aliphatic carbocycles. The molecule has 1 fully saturated rings. The summed E-state index contributed by atoms with van der Waals surface area (Å²) in [7, 11) is 1.67. The lowest BCUT2D eigenvalue weighted by molar-refractivity contribution is -0.118. The second-order valence-electron chi connectivity index (χ2n) is 10.3. The lowest BCUT2D eigenvalue weighted by Crippen LogP contribution is -2.31. The molecule has 2 atom stereocenters.